The molecular weight excluding hydrogens is 204 g/mol. The Kier molecular flexibility index (Phi) is 1.86. The van der Waals surface area contributed by atoms with Gasteiger partial charge in [-0.15, -0.1) is 0 Å². The summed E-state index contributed by atoms with van der Waals surface area (Å²) < 4.78 is 5.30. The van der Waals surface area contributed by atoms with E-state index in [9.17, 15) is 4.79 Å². The highest BCUT2D eigenvalue weighted by molar-refractivity contribution is 5.88. The first-order valence-electron chi connectivity index (χ1n) is 4.87. The fourth-order valence-electron chi connectivity index (χ4n) is 1.71. The van der Waals surface area contributed by atoms with Crippen molar-refractivity contribution in [2.45, 2.75) is 0 Å². The summed E-state index contributed by atoms with van der Waals surface area (Å²) in [7, 11) is 0. The minimum atomic E-state index is -0.242. The SMILES string of the molecule is O=c1[nH]nc2ccoc2c1-c1ccccc1. The van der Waals surface area contributed by atoms with Crippen molar-refractivity contribution in [1.82, 2.24) is 10.2 Å². The Balaban J connectivity index is 2.42. The van der Waals surface area contributed by atoms with Gasteiger partial charge in [0, 0.05) is 6.07 Å². The van der Waals surface area contributed by atoms with Gasteiger partial charge < -0.3 is 4.42 Å². The van der Waals surface area contributed by atoms with Crippen LogP contribution in [0.2, 0.25) is 0 Å². The van der Waals surface area contributed by atoms with Gasteiger partial charge in [0.15, 0.2) is 5.58 Å². The molecule has 0 saturated carbocycles. The summed E-state index contributed by atoms with van der Waals surface area (Å²) in [5, 5.41) is 6.36. The third-order valence-corrected chi connectivity index (χ3v) is 2.44. The molecule has 3 rings (SSSR count). The highest BCUT2D eigenvalue weighted by Gasteiger charge is 2.11. The smallest absolute Gasteiger partial charge is 0.275 e. The maximum Gasteiger partial charge on any atom is 0.275 e. The van der Waals surface area contributed by atoms with Gasteiger partial charge in [0.1, 0.15) is 5.52 Å². The maximum absolute atomic E-state index is 11.8. The summed E-state index contributed by atoms with van der Waals surface area (Å²) in [4.78, 5) is 11.8. The minimum absolute atomic E-state index is 0.242. The lowest BCUT2D eigenvalue weighted by molar-refractivity contribution is 0.615. The summed E-state index contributed by atoms with van der Waals surface area (Å²) in [6.45, 7) is 0. The number of aromatic amines is 1. The highest BCUT2D eigenvalue weighted by atomic mass is 16.3. The third kappa shape index (κ3) is 1.24. The van der Waals surface area contributed by atoms with Crippen LogP contribution in [0.5, 0.6) is 0 Å². The van der Waals surface area contributed by atoms with E-state index in [4.69, 9.17) is 4.42 Å². The zero-order valence-electron chi connectivity index (χ0n) is 8.31. The van der Waals surface area contributed by atoms with E-state index in [1.54, 1.807) is 6.07 Å². The number of aromatic nitrogens is 2. The van der Waals surface area contributed by atoms with Gasteiger partial charge in [-0.3, -0.25) is 4.79 Å². The van der Waals surface area contributed by atoms with E-state index in [2.05, 4.69) is 10.2 Å². The number of benzene rings is 1. The second kappa shape index (κ2) is 3.34. The lowest BCUT2D eigenvalue weighted by Crippen LogP contribution is -2.10. The van der Waals surface area contributed by atoms with Crippen LogP contribution in [0.15, 0.2) is 51.9 Å². The zero-order valence-corrected chi connectivity index (χ0v) is 8.31. The number of furan rings is 1. The van der Waals surface area contributed by atoms with Crippen LogP contribution < -0.4 is 5.56 Å². The van der Waals surface area contributed by atoms with Crippen molar-refractivity contribution < 1.29 is 4.42 Å². The molecule has 2 aromatic heterocycles. The summed E-state index contributed by atoms with van der Waals surface area (Å²) in [6.07, 6.45) is 1.53. The second-order valence-electron chi connectivity index (χ2n) is 3.43. The van der Waals surface area contributed by atoms with Crippen molar-refractivity contribution >= 4 is 11.1 Å². The molecule has 4 heteroatoms. The summed E-state index contributed by atoms with van der Waals surface area (Å²) >= 11 is 0. The number of nitrogens with zero attached hydrogens (tertiary/aromatic N) is 1. The molecule has 3 aromatic rings. The van der Waals surface area contributed by atoms with Gasteiger partial charge in [0.25, 0.3) is 5.56 Å². The first-order chi connectivity index (χ1) is 7.86. The zero-order chi connectivity index (χ0) is 11.0. The molecule has 0 saturated heterocycles. The first kappa shape index (κ1) is 8.91. The van der Waals surface area contributed by atoms with Crippen LogP contribution in [0.25, 0.3) is 22.2 Å². The van der Waals surface area contributed by atoms with Crippen molar-refractivity contribution in [2.75, 3.05) is 0 Å². The Hall–Kier alpha value is -2.36. The van der Waals surface area contributed by atoms with E-state index in [0.29, 0.717) is 16.7 Å². The fraction of sp³-hybridized carbons (Fsp3) is 0. The molecule has 0 aliphatic rings. The molecule has 16 heavy (non-hydrogen) atoms. The Morgan fingerprint density at radius 2 is 1.94 bits per heavy atom. The predicted octanol–water partition coefficient (Wildman–Crippen LogP) is 2.18. The number of fused-ring (bicyclic) bond motifs is 1. The predicted molar refractivity (Wildman–Crippen MR) is 60.1 cm³/mol. The van der Waals surface area contributed by atoms with Crippen LogP contribution in [0.1, 0.15) is 0 Å². The van der Waals surface area contributed by atoms with Crippen molar-refractivity contribution in [2.24, 2.45) is 0 Å². The average Bonchev–Trinajstić information content (AvgIpc) is 2.78. The number of nitrogens with one attached hydrogen (secondary N) is 1. The fourth-order valence-corrected chi connectivity index (χ4v) is 1.71. The largest absolute Gasteiger partial charge is 0.462 e. The number of H-pyrrole nitrogens is 1. The summed E-state index contributed by atoms with van der Waals surface area (Å²) in [5.41, 5.74) is 2.28. The Morgan fingerprint density at radius 1 is 1.12 bits per heavy atom. The van der Waals surface area contributed by atoms with Crippen molar-refractivity contribution in [1.29, 1.82) is 0 Å². The Bertz CT molecular complexity index is 683. The van der Waals surface area contributed by atoms with Gasteiger partial charge in [-0.2, -0.15) is 5.10 Å². The van der Waals surface area contributed by atoms with Crippen molar-refractivity contribution in [3.63, 3.8) is 0 Å². The van der Waals surface area contributed by atoms with Crippen LogP contribution >= 0.6 is 0 Å². The summed E-state index contributed by atoms with van der Waals surface area (Å²) in [5.74, 6) is 0. The molecule has 0 unspecified atom stereocenters. The molecule has 0 fully saturated rings. The van der Waals surface area contributed by atoms with Gasteiger partial charge >= 0.3 is 0 Å². The standard InChI is InChI=1S/C12H8N2O2/c15-12-10(8-4-2-1-3-5-8)11-9(13-14-12)6-7-16-11/h1-7H,(H,14,15). The van der Waals surface area contributed by atoms with Crippen LogP contribution in [0, 0.1) is 0 Å². The topological polar surface area (TPSA) is 58.9 Å². The van der Waals surface area contributed by atoms with Crippen molar-refractivity contribution in [3.05, 3.63) is 53.0 Å². The monoisotopic (exact) mass is 212 g/mol. The number of hydrogen-bond acceptors (Lipinski definition) is 3. The molecule has 0 atom stereocenters. The van der Waals surface area contributed by atoms with E-state index >= 15 is 0 Å². The number of rotatable bonds is 1. The molecule has 4 nitrogen and oxygen atoms in total. The molecule has 1 N–H and O–H groups in total. The van der Waals surface area contributed by atoms with Crippen LogP contribution in [0.3, 0.4) is 0 Å². The minimum Gasteiger partial charge on any atom is -0.462 e. The van der Waals surface area contributed by atoms with Gasteiger partial charge in [0.2, 0.25) is 0 Å². The van der Waals surface area contributed by atoms with Crippen LogP contribution in [-0.4, -0.2) is 10.2 Å². The molecule has 0 radical (unpaired) electrons. The normalized spacial score (nSPS) is 10.8. The Morgan fingerprint density at radius 3 is 2.75 bits per heavy atom. The quantitative estimate of drug-likeness (QED) is 0.672. The van der Waals surface area contributed by atoms with Crippen molar-refractivity contribution in [3.8, 4) is 11.1 Å². The van der Waals surface area contributed by atoms with Gasteiger partial charge in [0.05, 0.1) is 11.8 Å². The molecule has 78 valence electrons. The highest BCUT2D eigenvalue weighted by Crippen LogP contribution is 2.23. The molecule has 0 aliphatic carbocycles. The maximum atomic E-state index is 11.8. The molecule has 0 aliphatic heterocycles. The Labute approximate surface area is 90.5 Å². The third-order valence-electron chi connectivity index (χ3n) is 2.44. The summed E-state index contributed by atoms with van der Waals surface area (Å²) in [6, 6.07) is 11.1. The lowest BCUT2D eigenvalue weighted by atomic mass is 10.1. The van der Waals surface area contributed by atoms with Gasteiger partial charge in [-0.25, -0.2) is 5.10 Å². The first-order valence-corrected chi connectivity index (χ1v) is 4.87. The molecule has 1 aromatic carbocycles. The van der Waals surface area contributed by atoms with E-state index < -0.39 is 0 Å². The van der Waals surface area contributed by atoms with E-state index in [1.807, 2.05) is 30.3 Å². The molecule has 0 amide bonds. The van der Waals surface area contributed by atoms with Crippen LogP contribution in [0.4, 0.5) is 0 Å². The van der Waals surface area contributed by atoms with Crippen LogP contribution in [-0.2, 0) is 0 Å². The second-order valence-corrected chi connectivity index (χ2v) is 3.43. The van der Waals surface area contributed by atoms with Gasteiger partial charge in [-0.1, -0.05) is 30.3 Å². The van der Waals surface area contributed by atoms with E-state index in [1.165, 1.54) is 6.26 Å². The lowest BCUT2D eigenvalue weighted by Gasteiger charge is -1.99. The van der Waals surface area contributed by atoms with Gasteiger partial charge in [-0.05, 0) is 5.56 Å². The molecule has 2 heterocycles. The van der Waals surface area contributed by atoms with E-state index in [0.717, 1.165) is 5.56 Å². The average molecular weight is 212 g/mol. The molecule has 0 bridgehead atoms. The van der Waals surface area contributed by atoms with E-state index in [-0.39, 0.29) is 5.56 Å². The molecular formula is C12H8N2O2. The number of hydrogen-bond donors (Lipinski definition) is 1. The molecule has 0 spiro atoms.